The average molecular weight is 272 g/mol. The molecule has 2 amide bonds. The van der Waals surface area contributed by atoms with Gasteiger partial charge in [0.15, 0.2) is 0 Å². The van der Waals surface area contributed by atoms with E-state index < -0.39 is 29.4 Å². The number of rotatable bonds is 3. The molecule has 0 aromatic rings. The Hall–Kier alpha value is -1.59. The minimum absolute atomic E-state index is 0.247. The monoisotopic (exact) mass is 272 g/mol. The Morgan fingerprint density at radius 3 is 1.79 bits per heavy atom. The highest BCUT2D eigenvalue weighted by molar-refractivity contribution is 6.35. The van der Waals surface area contributed by atoms with E-state index in [1.807, 2.05) is 20.8 Å². The first kappa shape index (κ1) is 17.4. The van der Waals surface area contributed by atoms with Gasteiger partial charge in [0.05, 0.1) is 0 Å². The molecular weight excluding hydrogens is 248 g/mol. The van der Waals surface area contributed by atoms with Crippen molar-refractivity contribution in [2.75, 3.05) is 0 Å². The van der Waals surface area contributed by atoms with Crippen LogP contribution in [0.4, 0.5) is 0 Å². The van der Waals surface area contributed by atoms with Gasteiger partial charge in [0.2, 0.25) is 0 Å². The Labute approximate surface area is 113 Å². The van der Waals surface area contributed by atoms with Crippen LogP contribution in [0.15, 0.2) is 0 Å². The van der Waals surface area contributed by atoms with E-state index in [9.17, 15) is 14.4 Å². The van der Waals surface area contributed by atoms with Crippen molar-refractivity contribution in [2.45, 2.75) is 59.5 Å². The van der Waals surface area contributed by atoms with Crippen LogP contribution in [-0.2, 0) is 14.4 Å². The van der Waals surface area contributed by atoms with E-state index in [1.54, 1.807) is 20.8 Å². The maximum absolute atomic E-state index is 11.6. The summed E-state index contributed by atoms with van der Waals surface area (Å²) in [6.07, 6.45) is 0.247. The molecule has 19 heavy (non-hydrogen) atoms. The first-order valence-corrected chi connectivity index (χ1v) is 6.18. The number of carboxylic acid groups (broad SMARTS) is 1. The molecule has 0 bridgehead atoms. The molecule has 0 saturated heterocycles. The number of nitrogens with one attached hydrogen (secondary N) is 2. The molecule has 0 aliphatic rings. The molecule has 0 aliphatic carbocycles. The van der Waals surface area contributed by atoms with Crippen molar-refractivity contribution < 1.29 is 19.5 Å². The molecule has 0 radical (unpaired) electrons. The summed E-state index contributed by atoms with van der Waals surface area (Å²) < 4.78 is 0. The fourth-order valence-corrected chi connectivity index (χ4v) is 1.43. The molecule has 0 unspecified atom stereocenters. The number of carbonyl (C=O) groups is 3. The second kappa shape index (κ2) is 6.04. The van der Waals surface area contributed by atoms with Crippen LogP contribution in [0.2, 0.25) is 0 Å². The van der Waals surface area contributed by atoms with Crippen molar-refractivity contribution in [3.63, 3.8) is 0 Å². The number of amides is 2. The molecule has 0 saturated carbocycles. The van der Waals surface area contributed by atoms with Gasteiger partial charge in [0.25, 0.3) is 0 Å². The van der Waals surface area contributed by atoms with Crippen LogP contribution in [0, 0.1) is 5.41 Å². The average Bonchev–Trinajstić information content (AvgIpc) is 2.11. The predicted octanol–water partition coefficient (Wildman–Crippen LogP) is 0.907. The lowest BCUT2D eigenvalue weighted by molar-refractivity contribution is -0.145. The molecule has 0 rings (SSSR count). The lowest BCUT2D eigenvalue weighted by Gasteiger charge is -2.25. The topological polar surface area (TPSA) is 95.5 Å². The molecule has 0 aromatic carbocycles. The zero-order valence-corrected chi connectivity index (χ0v) is 12.5. The summed E-state index contributed by atoms with van der Waals surface area (Å²) in [5.41, 5.74) is -0.811. The molecule has 3 N–H and O–H groups in total. The maximum Gasteiger partial charge on any atom is 0.326 e. The van der Waals surface area contributed by atoms with Gasteiger partial charge >= 0.3 is 17.8 Å². The Morgan fingerprint density at radius 2 is 1.47 bits per heavy atom. The molecule has 0 aliphatic heterocycles. The molecule has 6 heteroatoms. The highest BCUT2D eigenvalue weighted by Gasteiger charge is 2.29. The highest BCUT2D eigenvalue weighted by atomic mass is 16.4. The smallest absolute Gasteiger partial charge is 0.326 e. The normalized spacial score (nSPS) is 13.6. The fraction of sp³-hybridized carbons (Fsp3) is 0.769. The molecular formula is C13H24N2O4. The van der Waals surface area contributed by atoms with Gasteiger partial charge in [-0.2, -0.15) is 0 Å². The van der Waals surface area contributed by atoms with Gasteiger partial charge in [0.1, 0.15) is 6.04 Å². The largest absolute Gasteiger partial charge is 0.480 e. The minimum Gasteiger partial charge on any atom is -0.480 e. The first-order valence-electron chi connectivity index (χ1n) is 6.18. The molecule has 1 atom stereocenters. The van der Waals surface area contributed by atoms with E-state index in [2.05, 4.69) is 10.6 Å². The van der Waals surface area contributed by atoms with E-state index in [0.29, 0.717) is 0 Å². The van der Waals surface area contributed by atoms with Crippen LogP contribution in [0.5, 0.6) is 0 Å². The van der Waals surface area contributed by atoms with E-state index in [1.165, 1.54) is 0 Å². The van der Waals surface area contributed by atoms with E-state index in [-0.39, 0.29) is 11.8 Å². The van der Waals surface area contributed by atoms with Crippen LogP contribution < -0.4 is 10.6 Å². The Bertz CT molecular complexity index is 364. The van der Waals surface area contributed by atoms with Gasteiger partial charge in [-0.1, -0.05) is 20.8 Å². The number of hydrogen-bond donors (Lipinski definition) is 3. The molecule has 110 valence electrons. The standard InChI is InChI=1S/C13H24N2O4/c1-12(2,3)7-8(11(18)19)14-9(16)10(17)15-13(4,5)6/h8H,7H2,1-6H3,(H,14,16)(H,15,17)(H,18,19)/t8-/m0/s1. The third kappa shape index (κ3) is 8.18. The van der Waals surface area contributed by atoms with Gasteiger partial charge < -0.3 is 15.7 Å². The molecule has 0 aromatic heterocycles. The molecule has 6 nitrogen and oxygen atoms in total. The van der Waals surface area contributed by atoms with Crippen molar-refractivity contribution in [3.8, 4) is 0 Å². The van der Waals surface area contributed by atoms with Crippen LogP contribution in [0.3, 0.4) is 0 Å². The minimum atomic E-state index is -1.15. The third-order valence-corrected chi connectivity index (χ3v) is 2.11. The highest BCUT2D eigenvalue weighted by Crippen LogP contribution is 2.20. The zero-order chi connectivity index (χ0) is 15.4. The predicted molar refractivity (Wildman–Crippen MR) is 71.5 cm³/mol. The lowest BCUT2D eigenvalue weighted by atomic mass is 9.88. The molecule has 0 spiro atoms. The van der Waals surface area contributed by atoms with Crippen molar-refractivity contribution >= 4 is 17.8 Å². The summed E-state index contributed by atoms with van der Waals surface area (Å²) in [6, 6.07) is -1.07. The van der Waals surface area contributed by atoms with E-state index in [0.717, 1.165) is 0 Å². The van der Waals surface area contributed by atoms with Gasteiger partial charge in [-0.15, -0.1) is 0 Å². The Kier molecular flexibility index (Phi) is 5.53. The van der Waals surface area contributed by atoms with Crippen molar-refractivity contribution in [2.24, 2.45) is 5.41 Å². The van der Waals surface area contributed by atoms with Crippen molar-refractivity contribution in [1.29, 1.82) is 0 Å². The first-order chi connectivity index (χ1) is 8.32. The van der Waals surface area contributed by atoms with E-state index in [4.69, 9.17) is 5.11 Å². The summed E-state index contributed by atoms with van der Waals surface area (Å²) in [7, 11) is 0. The van der Waals surface area contributed by atoms with Crippen LogP contribution in [-0.4, -0.2) is 34.5 Å². The number of carbonyl (C=O) groups excluding carboxylic acids is 2. The van der Waals surface area contributed by atoms with Crippen molar-refractivity contribution in [1.82, 2.24) is 10.6 Å². The lowest BCUT2D eigenvalue weighted by Crippen LogP contribution is -2.52. The second-order valence-electron chi connectivity index (χ2n) is 6.83. The molecule has 0 fully saturated rings. The summed E-state index contributed by atoms with van der Waals surface area (Å²) in [6.45, 7) is 10.8. The summed E-state index contributed by atoms with van der Waals surface area (Å²) >= 11 is 0. The van der Waals surface area contributed by atoms with Crippen LogP contribution in [0.25, 0.3) is 0 Å². The Balaban J connectivity index is 4.65. The summed E-state index contributed by atoms with van der Waals surface area (Å²) in [5, 5.41) is 13.8. The second-order valence-corrected chi connectivity index (χ2v) is 6.83. The van der Waals surface area contributed by atoms with Gasteiger partial charge in [-0.3, -0.25) is 9.59 Å². The SMILES string of the molecule is CC(C)(C)C[C@H](NC(=O)C(=O)NC(C)(C)C)C(=O)O. The maximum atomic E-state index is 11.6. The fourth-order valence-electron chi connectivity index (χ4n) is 1.43. The van der Waals surface area contributed by atoms with Gasteiger partial charge in [-0.25, -0.2) is 4.79 Å². The summed E-state index contributed by atoms with van der Waals surface area (Å²) in [4.78, 5) is 34.3. The van der Waals surface area contributed by atoms with E-state index >= 15 is 0 Å². The quantitative estimate of drug-likeness (QED) is 0.665. The van der Waals surface area contributed by atoms with Gasteiger partial charge in [0, 0.05) is 5.54 Å². The van der Waals surface area contributed by atoms with Crippen LogP contribution >= 0.6 is 0 Å². The Morgan fingerprint density at radius 1 is 1.00 bits per heavy atom. The number of carboxylic acids is 1. The molecule has 0 heterocycles. The van der Waals surface area contributed by atoms with Crippen molar-refractivity contribution in [3.05, 3.63) is 0 Å². The third-order valence-electron chi connectivity index (χ3n) is 2.11. The number of aliphatic carboxylic acids is 1. The summed E-state index contributed by atoms with van der Waals surface area (Å²) in [5.74, 6) is -2.90. The zero-order valence-electron chi connectivity index (χ0n) is 12.5. The van der Waals surface area contributed by atoms with Crippen LogP contribution in [0.1, 0.15) is 48.0 Å². The number of hydrogen-bond acceptors (Lipinski definition) is 3. The van der Waals surface area contributed by atoms with Gasteiger partial charge in [-0.05, 0) is 32.6 Å².